The molecular weight excluding hydrogens is 128 g/mol. The van der Waals surface area contributed by atoms with Gasteiger partial charge >= 0.3 is 0 Å². The topological polar surface area (TPSA) is 20.3 Å². The van der Waals surface area contributed by atoms with Crippen molar-refractivity contribution < 1.29 is 13.7 Å². The number of carbonyl (C=O) groups is 1. The quantitative estimate of drug-likeness (QED) is 0.301. The van der Waals surface area contributed by atoms with Crippen LogP contribution in [0, 0.1) is 0 Å². The van der Waals surface area contributed by atoms with Crippen LogP contribution in [0.25, 0.3) is 0 Å². The monoisotopic (exact) mass is 135 g/mol. The highest BCUT2D eigenvalue weighted by Crippen LogP contribution is 2.28. The van der Waals surface area contributed by atoms with Crippen LogP contribution in [-0.4, -0.2) is 23.7 Å². The molecular formula is C5H7F2NO. The summed E-state index contributed by atoms with van der Waals surface area (Å²) in [7, 11) is 0. The average Bonchev–Trinajstić information content (AvgIpc) is 2.15. The average molecular weight is 135 g/mol. The van der Waals surface area contributed by atoms with Crippen molar-refractivity contribution in [1.29, 1.82) is 0 Å². The van der Waals surface area contributed by atoms with E-state index in [9.17, 15) is 13.7 Å². The first-order valence-corrected chi connectivity index (χ1v) is 2.78. The van der Waals surface area contributed by atoms with E-state index in [1.807, 2.05) is 0 Å². The molecule has 0 aromatic heterocycles. The van der Waals surface area contributed by atoms with E-state index in [4.69, 9.17) is 0 Å². The Bertz CT molecular complexity index is 130. The highest BCUT2D eigenvalue weighted by Gasteiger charge is 2.41. The molecule has 1 rings (SSSR count). The van der Waals surface area contributed by atoms with Crippen LogP contribution in [0.5, 0.6) is 0 Å². The molecule has 0 saturated carbocycles. The molecule has 0 spiro atoms. The van der Waals surface area contributed by atoms with Gasteiger partial charge in [0.05, 0.1) is 0 Å². The van der Waals surface area contributed by atoms with E-state index in [0.29, 0.717) is 6.42 Å². The Balaban J connectivity index is 2.66. The summed E-state index contributed by atoms with van der Waals surface area (Å²) in [5.41, 5.74) is 0. The van der Waals surface area contributed by atoms with Crippen LogP contribution in [-0.2, 0) is 4.79 Å². The molecule has 0 aliphatic carbocycles. The fourth-order valence-electron chi connectivity index (χ4n) is 0.889. The van der Waals surface area contributed by atoms with E-state index < -0.39 is 5.79 Å². The lowest BCUT2D eigenvalue weighted by atomic mass is 10.2. The standard InChI is InChI=1S/C5H7F2NO/c6-5(4-9)2-1-3-8(5)7/h4H,1-3H2/t5-/m0/s1. The predicted octanol–water partition coefficient (Wildman–Crippen LogP) is 0.831. The molecule has 1 heterocycles. The van der Waals surface area contributed by atoms with Gasteiger partial charge in [-0.2, -0.15) is 0 Å². The molecule has 1 aliphatic heterocycles. The lowest BCUT2D eigenvalue weighted by molar-refractivity contribution is -0.151. The molecule has 0 N–H and O–H groups in total. The minimum Gasteiger partial charge on any atom is -0.298 e. The third-order valence-electron chi connectivity index (χ3n) is 1.47. The van der Waals surface area contributed by atoms with E-state index in [-0.39, 0.29) is 24.4 Å². The summed E-state index contributed by atoms with van der Waals surface area (Å²) in [5.74, 6) is -2.32. The summed E-state index contributed by atoms with van der Waals surface area (Å²) in [6, 6.07) is 0. The van der Waals surface area contributed by atoms with Crippen LogP contribution in [0.4, 0.5) is 8.87 Å². The number of hydrogen-bond acceptors (Lipinski definition) is 2. The SMILES string of the molecule is O=C[C@]1(F)CCCN1F. The van der Waals surface area contributed by atoms with Gasteiger partial charge in [0.2, 0.25) is 5.79 Å². The first-order valence-electron chi connectivity index (χ1n) is 2.78. The van der Waals surface area contributed by atoms with Crippen molar-refractivity contribution >= 4 is 6.29 Å². The van der Waals surface area contributed by atoms with Crippen molar-refractivity contribution in [2.24, 2.45) is 0 Å². The Labute approximate surface area is 51.4 Å². The second kappa shape index (κ2) is 2.02. The summed E-state index contributed by atoms with van der Waals surface area (Å²) >= 11 is 0. The molecule has 0 radical (unpaired) electrons. The Hall–Kier alpha value is -0.510. The number of rotatable bonds is 1. The maximum Gasteiger partial charge on any atom is 0.244 e. The number of alkyl halides is 1. The van der Waals surface area contributed by atoms with Crippen molar-refractivity contribution in [3.63, 3.8) is 0 Å². The van der Waals surface area contributed by atoms with Gasteiger partial charge in [-0.15, -0.1) is 9.60 Å². The van der Waals surface area contributed by atoms with Crippen molar-refractivity contribution in [2.45, 2.75) is 18.6 Å². The Kier molecular flexibility index (Phi) is 1.48. The molecule has 0 aromatic carbocycles. The van der Waals surface area contributed by atoms with Gasteiger partial charge in [0.15, 0.2) is 6.29 Å². The smallest absolute Gasteiger partial charge is 0.244 e. The molecule has 1 saturated heterocycles. The zero-order valence-electron chi connectivity index (χ0n) is 4.81. The zero-order valence-corrected chi connectivity index (χ0v) is 4.81. The third-order valence-corrected chi connectivity index (χ3v) is 1.47. The van der Waals surface area contributed by atoms with Crippen LogP contribution >= 0.6 is 0 Å². The van der Waals surface area contributed by atoms with Gasteiger partial charge in [0.1, 0.15) is 0 Å². The van der Waals surface area contributed by atoms with Crippen molar-refractivity contribution in [3.8, 4) is 0 Å². The summed E-state index contributed by atoms with van der Waals surface area (Å²) < 4.78 is 24.8. The van der Waals surface area contributed by atoms with Gasteiger partial charge in [-0.1, -0.05) is 0 Å². The lowest BCUT2D eigenvalue weighted by Crippen LogP contribution is -2.34. The zero-order chi connectivity index (χ0) is 6.91. The summed E-state index contributed by atoms with van der Waals surface area (Å²) in [6.07, 6.45) is 0.402. The molecule has 1 fully saturated rings. The van der Waals surface area contributed by atoms with E-state index in [0.717, 1.165) is 0 Å². The van der Waals surface area contributed by atoms with Crippen LogP contribution in [0.15, 0.2) is 0 Å². The minimum atomic E-state index is -2.32. The molecule has 0 unspecified atom stereocenters. The molecule has 0 bridgehead atoms. The van der Waals surface area contributed by atoms with Crippen LogP contribution in [0.2, 0.25) is 0 Å². The van der Waals surface area contributed by atoms with Crippen molar-refractivity contribution in [2.75, 3.05) is 6.54 Å². The Morgan fingerprint density at radius 1 is 1.67 bits per heavy atom. The Morgan fingerprint density at radius 3 is 2.56 bits per heavy atom. The summed E-state index contributed by atoms with van der Waals surface area (Å²) in [5, 5.41) is -0.0556. The summed E-state index contributed by atoms with van der Waals surface area (Å²) in [4.78, 5) is 9.88. The number of halogens is 2. The van der Waals surface area contributed by atoms with E-state index >= 15 is 0 Å². The Morgan fingerprint density at radius 2 is 2.33 bits per heavy atom. The lowest BCUT2D eigenvalue weighted by Gasteiger charge is -2.15. The van der Waals surface area contributed by atoms with Gasteiger partial charge in [-0.25, -0.2) is 4.39 Å². The van der Waals surface area contributed by atoms with Crippen LogP contribution in [0.1, 0.15) is 12.8 Å². The van der Waals surface area contributed by atoms with Crippen molar-refractivity contribution in [1.82, 2.24) is 5.12 Å². The predicted molar refractivity (Wildman–Crippen MR) is 27.0 cm³/mol. The number of nitrogens with zero attached hydrogens (tertiary/aromatic N) is 1. The van der Waals surface area contributed by atoms with Gasteiger partial charge in [0, 0.05) is 13.0 Å². The summed E-state index contributed by atoms with van der Waals surface area (Å²) in [6.45, 7) is 0.0231. The fourth-order valence-corrected chi connectivity index (χ4v) is 0.889. The third kappa shape index (κ3) is 0.941. The van der Waals surface area contributed by atoms with Gasteiger partial charge in [0.25, 0.3) is 0 Å². The van der Waals surface area contributed by atoms with E-state index in [1.165, 1.54) is 0 Å². The van der Waals surface area contributed by atoms with Gasteiger partial charge in [-0.3, -0.25) is 4.79 Å². The highest BCUT2D eigenvalue weighted by atomic mass is 19.2. The fraction of sp³-hybridized carbons (Fsp3) is 0.800. The normalized spacial score (nSPS) is 37.1. The molecule has 2 nitrogen and oxygen atoms in total. The van der Waals surface area contributed by atoms with Crippen molar-refractivity contribution in [3.05, 3.63) is 0 Å². The van der Waals surface area contributed by atoms with E-state index in [1.54, 1.807) is 0 Å². The van der Waals surface area contributed by atoms with Gasteiger partial charge in [-0.05, 0) is 6.42 Å². The van der Waals surface area contributed by atoms with Crippen LogP contribution in [0.3, 0.4) is 0 Å². The molecule has 9 heavy (non-hydrogen) atoms. The minimum absolute atomic E-state index is 0.0139. The van der Waals surface area contributed by atoms with E-state index in [2.05, 4.69) is 0 Å². The molecule has 0 amide bonds. The first kappa shape index (κ1) is 6.61. The maximum atomic E-state index is 12.6. The number of carbonyl (C=O) groups excluding carboxylic acids is 1. The second-order valence-corrected chi connectivity index (χ2v) is 2.13. The number of aldehydes is 1. The molecule has 52 valence electrons. The largest absolute Gasteiger partial charge is 0.298 e. The highest BCUT2D eigenvalue weighted by molar-refractivity contribution is 5.61. The second-order valence-electron chi connectivity index (χ2n) is 2.13. The molecule has 0 aromatic rings. The van der Waals surface area contributed by atoms with Gasteiger partial charge < -0.3 is 0 Å². The number of hydrogen-bond donors (Lipinski definition) is 0. The molecule has 4 heteroatoms. The first-order chi connectivity index (χ1) is 4.19. The maximum absolute atomic E-state index is 12.6. The van der Waals surface area contributed by atoms with Crippen LogP contribution < -0.4 is 0 Å². The molecule has 1 aliphatic rings. The molecule has 1 atom stereocenters.